The molecule has 0 radical (unpaired) electrons. The molecule has 1 aliphatic rings. The van der Waals surface area contributed by atoms with Crippen LogP contribution in [0.15, 0.2) is 0 Å². The second-order valence-electron chi connectivity index (χ2n) is 5.67. The molecule has 1 fully saturated rings. The summed E-state index contributed by atoms with van der Waals surface area (Å²) in [6, 6.07) is 1.45. The average molecular weight is 226 g/mol. The number of nitrogens with one attached hydrogen (secondary N) is 1. The maximum absolute atomic E-state index is 3.70. The maximum atomic E-state index is 3.70. The Labute approximate surface area is 102 Å². The SMILES string of the molecule is CCCCCC(C)NCC(C1CC1)N(C)C. The summed E-state index contributed by atoms with van der Waals surface area (Å²) in [7, 11) is 4.43. The van der Waals surface area contributed by atoms with Crippen molar-refractivity contribution in [2.75, 3.05) is 20.6 Å². The summed E-state index contributed by atoms with van der Waals surface area (Å²) in [6.45, 7) is 5.77. The molecule has 1 saturated carbocycles. The average Bonchev–Trinajstić information content (AvgIpc) is 3.02. The highest BCUT2D eigenvalue weighted by Crippen LogP contribution is 2.34. The van der Waals surface area contributed by atoms with Crippen molar-refractivity contribution in [3.63, 3.8) is 0 Å². The van der Waals surface area contributed by atoms with Gasteiger partial charge in [-0.25, -0.2) is 0 Å². The van der Waals surface area contributed by atoms with Crippen molar-refractivity contribution in [3.8, 4) is 0 Å². The molecule has 1 N–H and O–H groups in total. The minimum Gasteiger partial charge on any atom is -0.313 e. The summed E-state index contributed by atoms with van der Waals surface area (Å²) in [5.41, 5.74) is 0. The van der Waals surface area contributed by atoms with E-state index in [1.807, 2.05) is 0 Å². The Morgan fingerprint density at radius 2 is 1.94 bits per heavy atom. The normalized spacial score (nSPS) is 20.1. The van der Waals surface area contributed by atoms with Crippen molar-refractivity contribution >= 4 is 0 Å². The quantitative estimate of drug-likeness (QED) is 0.608. The molecule has 0 aromatic carbocycles. The van der Waals surface area contributed by atoms with Gasteiger partial charge in [0.1, 0.15) is 0 Å². The van der Waals surface area contributed by atoms with Crippen LogP contribution in [0.5, 0.6) is 0 Å². The van der Waals surface area contributed by atoms with Crippen LogP contribution in [-0.2, 0) is 0 Å². The van der Waals surface area contributed by atoms with Crippen LogP contribution >= 0.6 is 0 Å². The monoisotopic (exact) mass is 226 g/mol. The molecule has 0 aliphatic heterocycles. The maximum Gasteiger partial charge on any atom is 0.0242 e. The van der Waals surface area contributed by atoms with Crippen LogP contribution in [0, 0.1) is 5.92 Å². The van der Waals surface area contributed by atoms with E-state index in [9.17, 15) is 0 Å². The van der Waals surface area contributed by atoms with Crippen molar-refractivity contribution in [2.45, 2.75) is 64.5 Å². The molecule has 2 nitrogen and oxygen atoms in total. The van der Waals surface area contributed by atoms with Crippen LogP contribution in [0.4, 0.5) is 0 Å². The Morgan fingerprint density at radius 1 is 1.25 bits per heavy atom. The van der Waals surface area contributed by atoms with Gasteiger partial charge in [0.2, 0.25) is 0 Å². The Bertz CT molecular complexity index is 174. The van der Waals surface area contributed by atoms with Gasteiger partial charge in [-0.3, -0.25) is 0 Å². The van der Waals surface area contributed by atoms with Crippen LogP contribution < -0.4 is 5.32 Å². The van der Waals surface area contributed by atoms with Crippen molar-refractivity contribution in [1.82, 2.24) is 10.2 Å². The fraction of sp³-hybridized carbons (Fsp3) is 1.00. The molecule has 2 atom stereocenters. The van der Waals surface area contributed by atoms with Gasteiger partial charge in [0.25, 0.3) is 0 Å². The summed E-state index contributed by atoms with van der Waals surface area (Å²) in [4.78, 5) is 2.39. The Balaban J connectivity index is 2.11. The number of hydrogen-bond donors (Lipinski definition) is 1. The first-order valence-electron chi connectivity index (χ1n) is 7.05. The van der Waals surface area contributed by atoms with E-state index >= 15 is 0 Å². The highest BCUT2D eigenvalue weighted by atomic mass is 15.1. The summed E-state index contributed by atoms with van der Waals surface area (Å²) >= 11 is 0. The third-order valence-electron chi connectivity index (χ3n) is 3.75. The Morgan fingerprint density at radius 3 is 2.44 bits per heavy atom. The highest BCUT2D eigenvalue weighted by Gasteiger charge is 2.32. The van der Waals surface area contributed by atoms with Gasteiger partial charge in [-0.05, 0) is 46.2 Å². The number of likely N-dealkylation sites (N-methyl/N-ethyl adjacent to an activating group) is 1. The van der Waals surface area contributed by atoms with E-state index < -0.39 is 0 Å². The molecule has 0 aromatic rings. The lowest BCUT2D eigenvalue weighted by Gasteiger charge is -2.26. The van der Waals surface area contributed by atoms with Crippen LogP contribution in [0.25, 0.3) is 0 Å². The van der Waals surface area contributed by atoms with Crippen LogP contribution in [0.2, 0.25) is 0 Å². The zero-order valence-electron chi connectivity index (χ0n) is 11.6. The van der Waals surface area contributed by atoms with Gasteiger partial charge in [0, 0.05) is 18.6 Å². The molecule has 0 amide bonds. The largest absolute Gasteiger partial charge is 0.313 e. The van der Waals surface area contributed by atoms with Crippen LogP contribution in [0.1, 0.15) is 52.4 Å². The molecular formula is C14H30N2. The van der Waals surface area contributed by atoms with E-state index in [0.29, 0.717) is 6.04 Å². The fourth-order valence-electron chi connectivity index (χ4n) is 2.38. The zero-order valence-corrected chi connectivity index (χ0v) is 11.6. The van der Waals surface area contributed by atoms with Crippen molar-refractivity contribution in [1.29, 1.82) is 0 Å². The molecule has 1 aliphatic carbocycles. The summed E-state index contributed by atoms with van der Waals surface area (Å²) in [5.74, 6) is 0.963. The second kappa shape index (κ2) is 7.29. The van der Waals surface area contributed by atoms with E-state index in [0.717, 1.165) is 12.0 Å². The van der Waals surface area contributed by atoms with Crippen molar-refractivity contribution < 1.29 is 0 Å². The van der Waals surface area contributed by atoms with Gasteiger partial charge in [0.05, 0.1) is 0 Å². The molecule has 1 rings (SSSR count). The number of unbranched alkanes of at least 4 members (excludes halogenated alkanes) is 2. The van der Waals surface area contributed by atoms with E-state index in [4.69, 9.17) is 0 Å². The first-order valence-corrected chi connectivity index (χ1v) is 7.05. The third kappa shape index (κ3) is 5.31. The molecule has 0 spiro atoms. The minimum absolute atomic E-state index is 0.688. The lowest BCUT2D eigenvalue weighted by molar-refractivity contribution is 0.248. The van der Waals surface area contributed by atoms with Gasteiger partial charge < -0.3 is 10.2 Å². The highest BCUT2D eigenvalue weighted by molar-refractivity contribution is 4.88. The van der Waals surface area contributed by atoms with Crippen LogP contribution in [-0.4, -0.2) is 37.6 Å². The van der Waals surface area contributed by atoms with Gasteiger partial charge in [-0.15, -0.1) is 0 Å². The molecule has 0 bridgehead atoms. The Hall–Kier alpha value is -0.0800. The van der Waals surface area contributed by atoms with Gasteiger partial charge in [-0.2, -0.15) is 0 Å². The van der Waals surface area contributed by atoms with Crippen molar-refractivity contribution in [3.05, 3.63) is 0 Å². The predicted octanol–water partition coefficient (Wildman–Crippen LogP) is 2.89. The summed E-state index contributed by atoms with van der Waals surface area (Å²) in [5, 5.41) is 3.70. The minimum atomic E-state index is 0.688. The molecule has 0 saturated heterocycles. The van der Waals surface area contributed by atoms with E-state index in [1.165, 1.54) is 45.1 Å². The summed E-state index contributed by atoms with van der Waals surface area (Å²) in [6.07, 6.45) is 8.30. The zero-order chi connectivity index (χ0) is 12.0. The fourth-order valence-corrected chi connectivity index (χ4v) is 2.38. The number of nitrogens with zero attached hydrogens (tertiary/aromatic N) is 1. The van der Waals surface area contributed by atoms with Gasteiger partial charge >= 0.3 is 0 Å². The topological polar surface area (TPSA) is 15.3 Å². The smallest absolute Gasteiger partial charge is 0.0242 e. The first-order chi connectivity index (χ1) is 7.65. The molecule has 96 valence electrons. The summed E-state index contributed by atoms with van der Waals surface area (Å²) < 4.78 is 0. The number of hydrogen-bond acceptors (Lipinski definition) is 2. The Kier molecular flexibility index (Phi) is 6.37. The van der Waals surface area contributed by atoms with Gasteiger partial charge in [-0.1, -0.05) is 26.2 Å². The van der Waals surface area contributed by atoms with Crippen LogP contribution in [0.3, 0.4) is 0 Å². The van der Waals surface area contributed by atoms with E-state index in [1.54, 1.807) is 0 Å². The molecule has 2 heteroatoms. The molecule has 0 heterocycles. The lowest BCUT2D eigenvalue weighted by Crippen LogP contribution is -2.42. The lowest BCUT2D eigenvalue weighted by atomic mass is 10.1. The second-order valence-corrected chi connectivity index (χ2v) is 5.67. The third-order valence-corrected chi connectivity index (χ3v) is 3.75. The molecule has 0 aromatic heterocycles. The van der Waals surface area contributed by atoms with Crippen molar-refractivity contribution in [2.24, 2.45) is 5.92 Å². The predicted molar refractivity (Wildman–Crippen MR) is 71.8 cm³/mol. The molecule has 2 unspecified atom stereocenters. The van der Waals surface area contributed by atoms with E-state index in [-0.39, 0.29) is 0 Å². The van der Waals surface area contributed by atoms with Gasteiger partial charge in [0.15, 0.2) is 0 Å². The van der Waals surface area contributed by atoms with E-state index in [2.05, 4.69) is 38.2 Å². The number of rotatable bonds is 9. The standard InChI is InChI=1S/C14H30N2/c1-5-6-7-8-12(2)15-11-14(16(3)4)13-9-10-13/h12-15H,5-11H2,1-4H3. The molecule has 16 heavy (non-hydrogen) atoms. The molecular weight excluding hydrogens is 196 g/mol. The first kappa shape index (κ1) is 14.0.